The first-order valence-electron chi connectivity index (χ1n) is 0. The third-order valence-electron chi connectivity index (χ3n) is 0. The molecule has 0 heterocycles. The smallest absolute Gasteiger partial charge is 0 e. The van der Waals surface area contributed by atoms with Gasteiger partial charge in [0.05, 0.1) is 0 Å². The van der Waals surface area contributed by atoms with Gasteiger partial charge in [-0.1, -0.05) is 0 Å². The van der Waals surface area contributed by atoms with Crippen molar-refractivity contribution in [3.05, 3.63) is 0 Å². The van der Waals surface area contributed by atoms with Gasteiger partial charge in [0.1, 0.15) is 0 Å². The zero-order valence-electron chi connectivity index (χ0n) is 0.707. The molecule has 0 amide bonds. The summed E-state index contributed by atoms with van der Waals surface area (Å²) in [6.45, 7) is 0. The predicted molar refractivity (Wildman–Crippen MR) is 21.3 cm³/mol. The molecule has 0 radical (unpaired) electrons. The second-order valence-corrected chi connectivity index (χ2v) is 0. The van der Waals surface area contributed by atoms with Crippen molar-refractivity contribution in [3.8, 4) is 0 Å². The van der Waals surface area contributed by atoms with Crippen LogP contribution in [0.15, 0.2) is 0 Å². The molecule has 0 aromatic carbocycles. The van der Waals surface area contributed by atoms with Gasteiger partial charge in [-0.3, -0.25) is 0 Å². The molecule has 0 aliphatic rings. The maximum atomic E-state index is 0. The Morgan fingerprint density at radius 2 is 1.00 bits per heavy atom. The van der Waals surface area contributed by atoms with Crippen LogP contribution in [0.2, 0.25) is 0 Å². The summed E-state index contributed by atoms with van der Waals surface area (Å²) < 4.78 is 0. The van der Waals surface area contributed by atoms with Crippen LogP contribution >= 0.6 is 0 Å². The first-order valence-corrected chi connectivity index (χ1v) is 0. The molecule has 0 N–H and O–H groups in total. The Kier molecular flexibility index (Phi) is 188. The van der Waals surface area contributed by atoms with Gasteiger partial charge in [-0.2, -0.15) is 0 Å². The summed E-state index contributed by atoms with van der Waals surface area (Å²) in [6, 6.07) is 0. The van der Waals surface area contributed by atoms with E-state index < -0.39 is 0 Å². The van der Waals surface area contributed by atoms with Crippen LogP contribution in [0, 0.1) is 0 Å². The zero-order valence-corrected chi connectivity index (χ0v) is 3.55. The van der Waals surface area contributed by atoms with E-state index in [2.05, 4.69) is 0 Å². The molecular formula is H7FeGaRuSi. The van der Waals surface area contributed by atoms with E-state index in [4.69, 9.17) is 0 Å². The third kappa shape index (κ3) is 9.00. The van der Waals surface area contributed by atoms with Crippen molar-refractivity contribution in [3.63, 3.8) is 0 Å². The van der Waals surface area contributed by atoms with Crippen LogP contribution in [0.25, 0.3) is 0 Å². The maximum absolute atomic E-state index is 0. The van der Waals surface area contributed by atoms with Gasteiger partial charge < -0.3 is 0 Å². The summed E-state index contributed by atoms with van der Waals surface area (Å²) in [7, 11) is 0. The van der Waals surface area contributed by atoms with Gasteiger partial charge in [0, 0.05) is 36.5 Å². The largest absolute Gasteiger partial charge is 0.0149 e. The molecule has 0 bridgehead atoms. The van der Waals surface area contributed by atoms with Crippen LogP contribution in [0.5, 0.6) is 0 Å². The summed E-state index contributed by atoms with van der Waals surface area (Å²) in [5, 5.41) is 0. The predicted octanol–water partition coefficient (Wildman–Crippen LogP) is -2.64. The number of hydrogen-bond acceptors (Lipinski definition) is 0. The minimum Gasteiger partial charge on any atom is -0.0149 e. The molecule has 0 rings (SSSR count). The Morgan fingerprint density at radius 1 is 1.00 bits per heavy atom. The van der Waals surface area contributed by atoms with E-state index in [9.17, 15) is 0 Å². The van der Waals surface area contributed by atoms with Crippen molar-refractivity contribution in [2.45, 2.75) is 0 Å². The van der Waals surface area contributed by atoms with Gasteiger partial charge in [-0.25, -0.2) is 0 Å². The molecule has 0 saturated carbocycles. The minimum atomic E-state index is 0. The molecule has 30 valence electrons. The molecule has 0 aromatic rings. The average Bonchev–Trinajstić information content (AvgIpc) is 0. The molecule has 0 unspecified atom stereocenters. The van der Waals surface area contributed by atoms with Gasteiger partial charge in [0.15, 0.2) is 0 Å². The van der Waals surface area contributed by atoms with Gasteiger partial charge in [0.2, 0.25) is 0 Å². The van der Waals surface area contributed by atoms with E-state index in [1.54, 1.807) is 0 Å². The molecule has 4 heavy (non-hydrogen) atoms. The quantitative estimate of drug-likeness (QED) is 0.419. The maximum Gasteiger partial charge on any atom is 0 e. The number of rotatable bonds is 0. The Morgan fingerprint density at radius 3 is 1.00 bits per heavy atom. The Bertz CT molecular complexity index is 8.00. The Balaban J connectivity index is 0. The van der Waals surface area contributed by atoms with Crippen molar-refractivity contribution >= 4 is 30.8 Å². The van der Waals surface area contributed by atoms with E-state index in [1.807, 2.05) is 0 Å². The second kappa shape index (κ2) is 20.0. The van der Waals surface area contributed by atoms with E-state index in [0.29, 0.717) is 0 Å². The fourth-order valence-electron chi connectivity index (χ4n) is 0. The molecule has 4 heteroatoms. The van der Waals surface area contributed by atoms with Gasteiger partial charge in [-0.05, 0) is 11.0 Å². The van der Waals surface area contributed by atoms with Crippen molar-refractivity contribution in [1.82, 2.24) is 0 Å². The SMILES string of the molecule is [Fe].[GaH3].[Ru].[SiH4]. The minimum absolute atomic E-state index is 0. The zero-order chi connectivity index (χ0) is 0. The van der Waals surface area contributed by atoms with Crippen molar-refractivity contribution < 1.29 is 36.5 Å². The normalized spacial score (nSPS) is 0. The van der Waals surface area contributed by atoms with E-state index in [0.717, 1.165) is 0 Å². The molecule has 0 spiro atoms. The molecule has 0 aliphatic carbocycles. The van der Waals surface area contributed by atoms with Crippen LogP contribution in [-0.4, -0.2) is 30.8 Å². The van der Waals surface area contributed by atoms with E-state index in [-0.39, 0.29) is 67.3 Å². The van der Waals surface area contributed by atoms with Gasteiger partial charge >= 0.3 is 19.8 Å². The molecule has 0 aromatic heterocycles. The van der Waals surface area contributed by atoms with Crippen LogP contribution in [0.3, 0.4) is 0 Å². The number of hydrogen-bond donors (Lipinski definition) is 0. The summed E-state index contributed by atoms with van der Waals surface area (Å²) in [5.74, 6) is 0. The van der Waals surface area contributed by atoms with Gasteiger partial charge in [-0.15, -0.1) is 0 Å². The summed E-state index contributed by atoms with van der Waals surface area (Å²) >= 11 is 0. The summed E-state index contributed by atoms with van der Waals surface area (Å²) in [4.78, 5) is 0. The fraction of sp³-hybridized carbons (Fsp3) is 0. The molecule has 0 saturated heterocycles. The standard InChI is InChI=1S/Fe.Ga.Ru.H4Si.3H/h;;;1H4;;;. The first-order chi connectivity index (χ1) is 0. The third-order valence-corrected chi connectivity index (χ3v) is 0. The summed E-state index contributed by atoms with van der Waals surface area (Å²) in [5.41, 5.74) is 0. The van der Waals surface area contributed by atoms with Crippen molar-refractivity contribution in [1.29, 1.82) is 0 Å². The van der Waals surface area contributed by atoms with Crippen LogP contribution in [0.1, 0.15) is 0 Å². The van der Waals surface area contributed by atoms with E-state index in [1.165, 1.54) is 0 Å². The van der Waals surface area contributed by atoms with Crippen molar-refractivity contribution in [2.24, 2.45) is 0 Å². The fourth-order valence-corrected chi connectivity index (χ4v) is 0. The van der Waals surface area contributed by atoms with Crippen LogP contribution in [0.4, 0.5) is 0 Å². The summed E-state index contributed by atoms with van der Waals surface area (Å²) in [6.07, 6.45) is 0. The molecule has 0 fully saturated rings. The molecular weight excluding hydrogens is 255 g/mol. The first kappa shape index (κ1) is 37.6. The van der Waals surface area contributed by atoms with E-state index >= 15 is 0 Å². The Hall–Kier alpha value is 2.00. The average molecular weight is 262 g/mol. The topological polar surface area (TPSA) is 0 Å². The van der Waals surface area contributed by atoms with Crippen molar-refractivity contribution in [2.75, 3.05) is 0 Å². The molecule has 0 aliphatic heterocycles. The van der Waals surface area contributed by atoms with Crippen LogP contribution < -0.4 is 0 Å². The second-order valence-electron chi connectivity index (χ2n) is 0. The Labute approximate surface area is 66.8 Å². The van der Waals surface area contributed by atoms with Gasteiger partial charge in [0.25, 0.3) is 0 Å². The van der Waals surface area contributed by atoms with Crippen LogP contribution in [-0.2, 0) is 36.5 Å². The monoisotopic (exact) mass is 262 g/mol. The molecule has 0 nitrogen and oxygen atoms in total. The molecule has 0 atom stereocenters.